The van der Waals surface area contributed by atoms with E-state index in [0.29, 0.717) is 0 Å². The summed E-state index contributed by atoms with van der Waals surface area (Å²) in [6.45, 7) is 6.08. The number of hydrogen-bond acceptors (Lipinski definition) is 3. The predicted molar refractivity (Wildman–Crippen MR) is 66.6 cm³/mol. The fraction of sp³-hybridized carbons (Fsp3) is 0.667. The molecule has 1 rings (SSSR count). The average molecular weight is 227 g/mol. The minimum atomic E-state index is 0.863. The topological polar surface area (TPSA) is 21.3 Å². The summed E-state index contributed by atoms with van der Waals surface area (Å²) in [7, 11) is 0. The minimum Gasteiger partial charge on any atom is -0.381 e. The molecule has 0 aliphatic heterocycles. The Bertz CT molecular complexity index is 224. The van der Waals surface area contributed by atoms with Crippen molar-refractivity contribution in [3.8, 4) is 0 Å². The molecule has 1 aromatic rings. The van der Waals surface area contributed by atoms with Gasteiger partial charge in [0.15, 0.2) is 0 Å². The van der Waals surface area contributed by atoms with Crippen LogP contribution in [0.1, 0.15) is 24.6 Å². The van der Waals surface area contributed by atoms with Crippen molar-refractivity contribution in [2.75, 3.05) is 26.3 Å². The quantitative estimate of drug-likeness (QED) is 0.655. The van der Waals surface area contributed by atoms with Crippen LogP contribution >= 0.6 is 11.3 Å². The molecule has 0 aliphatic rings. The Labute approximate surface area is 96.7 Å². The number of hydrogen-bond donors (Lipinski definition) is 1. The van der Waals surface area contributed by atoms with Crippen LogP contribution in [-0.2, 0) is 11.2 Å². The van der Waals surface area contributed by atoms with Crippen LogP contribution in [0, 0.1) is 0 Å². The Kier molecular flexibility index (Phi) is 7.52. The molecule has 1 heterocycles. The van der Waals surface area contributed by atoms with E-state index in [1.54, 1.807) is 0 Å². The lowest BCUT2D eigenvalue weighted by Crippen LogP contribution is -2.14. The normalized spacial score (nSPS) is 10.7. The molecule has 15 heavy (non-hydrogen) atoms. The Balaban J connectivity index is 1.81. The Hall–Kier alpha value is -0.380. The van der Waals surface area contributed by atoms with E-state index >= 15 is 0 Å². The number of ether oxygens (including phenoxy) is 1. The van der Waals surface area contributed by atoms with Crippen molar-refractivity contribution >= 4 is 11.3 Å². The highest BCUT2D eigenvalue weighted by atomic mass is 32.1. The minimum absolute atomic E-state index is 0.863. The molecule has 0 aromatic carbocycles. The second kappa shape index (κ2) is 8.89. The molecule has 0 amide bonds. The van der Waals surface area contributed by atoms with Gasteiger partial charge in [0.2, 0.25) is 0 Å². The zero-order valence-corrected chi connectivity index (χ0v) is 10.3. The van der Waals surface area contributed by atoms with E-state index < -0.39 is 0 Å². The monoisotopic (exact) mass is 227 g/mol. The summed E-state index contributed by atoms with van der Waals surface area (Å²) in [5.74, 6) is 0. The van der Waals surface area contributed by atoms with Gasteiger partial charge in [0, 0.05) is 17.9 Å². The highest BCUT2D eigenvalue weighted by molar-refractivity contribution is 7.09. The highest BCUT2D eigenvalue weighted by Gasteiger charge is 1.94. The maximum absolute atomic E-state index is 5.57. The second-order valence-corrected chi connectivity index (χ2v) is 4.53. The molecule has 2 nitrogen and oxygen atoms in total. The first-order valence-corrected chi connectivity index (χ1v) is 6.62. The second-order valence-electron chi connectivity index (χ2n) is 3.50. The van der Waals surface area contributed by atoms with E-state index in [4.69, 9.17) is 4.74 Å². The standard InChI is InChI=1S/C12H21NOS/c1-2-13-8-3-4-9-14-10-7-12-6-5-11-15-12/h5-6,11,13H,2-4,7-10H2,1H3. The Morgan fingerprint density at radius 2 is 2.27 bits per heavy atom. The first-order valence-electron chi connectivity index (χ1n) is 5.74. The summed E-state index contributed by atoms with van der Waals surface area (Å²) in [4.78, 5) is 1.42. The zero-order valence-electron chi connectivity index (χ0n) is 9.50. The molecule has 3 heteroatoms. The lowest BCUT2D eigenvalue weighted by Gasteiger charge is -2.03. The fourth-order valence-corrected chi connectivity index (χ4v) is 2.05. The Morgan fingerprint density at radius 3 is 3.00 bits per heavy atom. The molecule has 1 aromatic heterocycles. The summed E-state index contributed by atoms with van der Waals surface area (Å²) in [5.41, 5.74) is 0. The number of rotatable bonds is 9. The SMILES string of the molecule is CCNCCCCOCCc1cccs1. The third-order valence-corrected chi connectivity index (χ3v) is 3.15. The first kappa shape index (κ1) is 12.7. The highest BCUT2D eigenvalue weighted by Crippen LogP contribution is 2.08. The van der Waals surface area contributed by atoms with Crippen LogP contribution in [0.2, 0.25) is 0 Å². The lowest BCUT2D eigenvalue weighted by atomic mass is 10.3. The van der Waals surface area contributed by atoms with Crippen molar-refractivity contribution in [1.29, 1.82) is 0 Å². The summed E-state index contributed by atoms with van der Waals surface area (Å²) >= 11 is 1.81. The molecule has 1 N–H and O–H groups in total. The number of nitrogens with one attached hydrogen (secondary N) is 1. The van der Waals surface area contributed by atoms with E-state index in [1.807, 2.05) is 11.3 Å². The summed E-state index contributed by atoms with van der Waals surface area (Å²) in [5, 5.41) is 5.42. The van der Waals surface area contributed by atoms with Crippen LogP contribution in [0.25, 0.3) is 0 Å². The molecule has 0 atom stereocenters. The molecule has 0 unspecified atom stereocenters. The molecule has 0 radical (unpaired) electrons. The van der Waals surface area contributed by atoms with Gasteiger partial charge in [0.25, 0.3) is 0 Å². The molecule has 86 valence electrons. The van der Waals surface area contributed by atoms with E-state index in [9.17, 15) is 0 Å². The first-order chi connectivity index (χ1) is 7.43. The van der Waals surface area contributed by atoms with Gasteiger partial charge >= 0.3 is 0 Å². The van der Waals surface area contributed by atoms with Crippen LogP contribution in [0.4, 0.5) is 0 Å². The fourth-order valence-electron chi connectivity index (χ4n) is 1.36. The van der Waals surface area contributed by atoms with Crippen LogP contribution in [0.15, 0.2) is 17.5 Å². The van der Waals surface area contributed by atoms with Crippen LogP contribution in [0.5, 0.6) is 0 Å². The van der Waals surface area contributed by atoms with Gasteiger partial charge in [-0.1, -0.05) is 13.0 Å². The van der Waals surface area contributed by atoms with Gasteiger partial charge in [-0.15, -0.1) is 11.3 Å². The van der Waals surface area contributed by atoms with Gasteiger partial charge in [-0.05, 0) is 37.4 Å². The third-order valence-electron chi connectivity index (χ3n) is 2.22. The molecular weight excluding hydrogens is 206 g/mol. The molecular formula is C12H21NOS. The van der Waals surface area contributed by atoms with Gasteiger partial charge < -0.3 is 10.1 Å². The van der Waals surface area contributed by atoms with Crippen molar-refractivity contribution in [3.63, 3.8) is 0 Å². The largest absolute Gasteiger partial charge is 0.381 e. The predicted octanol–water partition coefficient (Wildman–Crippen LogP) is 2.70. The van der Waals surface area contributed by atoms with Crippen molar-refractivity contribution in [3.05, 3.63) is 22.4 Å². The lowest BCUT2D eigenvalue weighted by molar-refractivity contribution is 0.134. The molecule has 0 bridgehead atoms. The molecule has 0 aliphatic carbocycles. The van der Waals surface area contributed by atoms with Crippen LogP contribution in [-0.4, -0.2) is 26.3 Å². The summed E-state index contributed by atoms with van der Waals surface area (Å²) < 4.78 is 5.57. The molecule has 0 fully saturated rings. The Morgan fingerprint density at radius 1 is 1.33 bits per heavy atom. The van der Waals surface area contributed by atoms with Crippen molar-refractivity contribution in [2.45, 2.75) is 26.2 Å². The van der Waals surface area contributed by atoms with Gasteiger partial charge in [-0.3, -0.25) is 0 Å². The van der Waals surface area contributed by atoms with Crippen molar-refractivity contribution in [1.82, 2.24) is 5.32 Å². The van der Waals surface area contributed by atoms with Gasteiger partial charge in [-0.2, -0.15) is 0 Å². The van der Waals surface area contributed by atoms with E-state index in [1.165, 1.54) is 11.3 Å². The maximum atomic E-state index is 5.57. The number of unbranched alkanes of at least 4 members (excludes halogenated alkanes) is 1. The van der Waals surface area contributed by atoms with Gasteiger partial charge in [0.1, 0.15) is 0 Å². The van der Waals surface area contributed by atoms with Crippen LogP contribution < -0.4 is 5.32 Å². The summed E-state index contributed by atoms with van der Waals surface area (Å²) in [6, 6.07) is 4.26. The van der Waals surface area contributed by atoms with Crippen molar-refractivity contribution < 1.29 is 4.74 Å². The average Bonchev–Trinajstić information content (AvgIpc) is 2.75. The van der Waals surface area contributed by atoms with Gasteiger partial charge in [-0.25, -0.2) is 0 Å². The maximum Gasteiger partial charge on any atom is 0.0514 e. The van der Waals surface area contributed by atoms with Gasteiger partial charge in [0.05, 0.1) is 6.61 Å². The number of thiophene rings is 1. The molecule has 0 spiro atoms. The third kappa shape index (κ3) is 6.66. The molecule has 0 saturated carbocycles. The van der Waals surface area contributed by atoms with Crippen molar-refractivity contribution in [2.24, 2.45) is 0 Å². The smallest absolute Gasteiger partial charge is 0.0514 e. The zero-order chi connectivity index (χ0) is 10.8. The van der Waals surface area contributed by atoms with E-state index in [2.05, 4.69) is 29.8 Å². The molecule has 0 saturated heterocycles. The van der Waals surface area contributed by atoms with E-state index in [0.717, 1.165) is 39.1 Å². The van der Waals surface area contributed by atoms with E-state index in [-0.39, 0.29) is 0 Å². The summed E-state index contributed by atoms with van der Waals surface area (Å²) in [6.07, 6.45) is 3.44. The van der Waals surface area contributed by atoms with Crippen LogP contribution in [0.3, 0.4) is 0 Å².